The first-order valence-electron chi connectivity index (χ1n) is 10.6. The Kier molecular flexibility index (Phi) is 5.88. The van der Waals surface area contributed by atoms with E-state index >= 15 is 0 Å². The number of hydrogen-bond donors (Lipinski definition) is 1. The van der Waals surface area contributed by atoms with Gasteiger partial charge in [0.05, 0.1) is 11.4 Å². The molecule has 0 saturated carbocycles. The fourth-order valence-electron chi connectivity index (χ4n) is 4.17. The van der Waals surface area contributed by atoms with Gasteiger partial charge in [0.2, 0.25) is 5.91 Å². The molecule has 0 bridgehead atoms. The fourth-order valence-corrected chi connectivity index (χ4v) is 4.17. The number of imidazole rings is 1. The van der Waals surface area contributed by atoms with Gasteiger partial charge in [-0.25, -0.2) is 4.98 Å². The van der Waals surface area contributed by atoms with Crippen molar-refractivity contribution in [2.45, 2.75) is 39.8 Å². The summed E-state index contributed by atoms with van der Waals surface area (Å²) in [6, 6.07) is 11.9. The number of fused-ring (bicyclic) bond motifs is 1. The molecule has 2 amide bonds. The summed E-state index contributed by atoms with van der Waals surface area (Å²) in [7, 11) is 1.61. The number of benzene rings is 1. The summed E-state index contributed by atoms with van der Waals surface area (Å²) >= 11 is 0. The summed E-state index contributed by atoms with van der Waals surface area (Å²) in [6.45, 7) is 6.29. The molecule has 0 spiro atoms. The normalized spacial score (nSPS) is 13.6. The van der Waals surface area contributed by atoms with Crippen LogP contribution in [0.4, 0.5) is 0 Å². The summed E-state index contributed by atoms with van der Waals surface area (Å²) in [6.07, 6.45) is 0.997. The minimum absolute atomic E-state index is 0.106. The third-order valence-electron chi connectivity index (χ3n) is 5.75. The predicted octanol–water partition coefficient (Wildman–Crippen LogP) is 2.20. The number of aryl methyl sites for hydroxylation is 3. The van der Waals surface area contributed by atoms with E-state index in [1.165, 1.54) is 0 Å². The van der Waals surface area contributed by atoms with Crippen molar-refractivity contribution < 1.29 is 9.59 Å². The smallest absolute Gasteiger partial charge is 0.271 e. The molecule has 8 nitrogen and oxygen atoms in total. The molecule has 0 radical (unpaired) electrons. The second kappa shape index (κ2) is 8.75. The topological polar surface area (TPSA) is 85.0 Å². The van der Waals surface area contributed by atoms with Crippen molar-refractivity contribution in [3.05, 3.63) is 59.2 Å². The van der Waals surface area contributed by atoms with Gasteiger partial charge in [0.15, 0.2) is 0 Å². The molecule has 0 saturated heterocycles. The first-order valence-corrected chi connectivity index (χ1v) is 10.6. The summed E-state index contributed by atoms with van der Waals surface area (Å²) < 4.78 is 3.98. The van der Waals surface area contributed by atoms with E-state index in [1.54, 1.807) is 7.05 Å². The molecule has 31 heavy (non-hydrogen) atoms. The maximum Gasteiger partial charge on any atom is 0.271 e. The van der Waals surface area contributed by atoms with Gasteiger partial charge in [-0.05, 0) is 19.9 Å². The lowest BCUT2D eigenvalue weighted by atomic mass is 10.2. The van der Waals surface area contributed by atoms with Gasteiger partial charge in [-0.3, -0.25) is 14.3 Å². The molecule has 3 aromatic rings. The fraction of sp³-hybridized carbons (Fsp3) is 0.391. The number of aromatic nitrogens is 4. The zero-order chi connectivity index (χ0) is 22.0. The van der Waals surface area contributed by atoms with Crippen molar-refractivity contribution >= 4 is 11.8 Å². The van der Waals surface area contributed by atoms with Crippen molar-refractivity contribution in [2.24, 2.45) is 0 Å². The van der Waals surface area contributed by atoms with Crippen LogP contribution in [0.1, 0.15) is 34.0 Å². The molecular formula is C23H28N6O2. The molecule has 1 aliphatic heterocycles. The average Bonchev–Trinajstić information content (AvgIpc) is 3.21. The van der Waals surface area contributed by atoms with Crippen LogP contribution in [-0.4, -0.2) is 56.2 Å². The van der Waals surface area contributed by atoms with Crippen molar-refractivity contribution in [3.8, 4) is 11.4 Å². The third-order valence-corrected chi connectivity index (χ3v) is 5.75. The molecule has 0 atom stereocenters. The van der Waals surface area contributed by atoms with Gasteiger partial charge in [0.1, 0.15) is 11.5 Å². The Bertz CT molecular complexity index is 1100. The van der Waals surface area contributed by atoms with Crippen LogP contribution in [0.15, 0.2) is 36.4 Å². The first kappa shape index (κ1) is 20.8. The summed E-state index contributed by atoms with van der Waals surface area (Å²) in [4.78, 5) is 32.0. The van der Waals surface area contributed by atoms with Crippen molar-refractivity contribution in [3.63, 3.8) is 0 Å². The van der Waals surface area contributed by atoms with Gasteiger partial charge < -0.3 is 14.8 Å². The molecule has 1 aliphatic rings. The van der Waals surface area contributed by atoms with Crippen LogP contribution in [0.5, 0.6) is 0 Å². The van der Waals surface area contributed by atoms with E-state index in [9.17, 15) is 9.59 Å². The largest absolute Gasteiger partial charge is 0.354 e. The van der Waals surface area contributed by atoms with Crippen molar-refractivity contribution in [1.29, 1.82) is 0 Å². The summed E-state index contributed by atoms with van der Waals surface area (Å²) in [5, 5.41) is 7.14. The molecule has 1 N–H and O–H groups in total. The van der Waals surface area contributed by atoms with Gasteiger partial charge in [0, 0.05) is 57.3 Å². The molecule has 0 fully saturated rings. The lowest BCUT2D eigenvalue weighted by molar-refractivity contribution is -0.131. The van der Waals surface area contributed by atoms with Gasteiger partial charge in [0.25, 0.3) is 5.91 Å². The van der Waals surface area contributed by atoms with E-state index in [0.717, 1.165) is 28.5 Å². The lowest BCUT2D eigenvalue weighted by Crippen LogP contribution is -2.34. The van der Waals surface area contributed by atoms with E-state index in [-0.39, 0.29) is 11.8 Å². The van der Waals surface area contributed by atoms with Crippen LogP contribution in [-0.2, 0) is 24.3 Å². The molecule has 162 valence electrons. The molecule has 1 aromatic carbocycles. The van der Waals surface area contributed by atoms with E-state index < -0.39 is 0 Å². The second-order valence-corrected chi connectivity index (χ2v) is 7.86. The highest BCUT2D eigenvalue weighted by atomic mass is 16.2. The summed E-state index contributed by atoms with van der Waals surface area (Å²) in [5.74, 6) is 0.676. The number of carbonyl (C=O) groups excluding carboxylic acids is 2. The average molecular weight is 421 g/mol. The zero-order valence-corrected chi connectivity index (χ0v) is 18.3. The van der Waals surface area contributed by atoms with Gasteiger partial charge in [-0.15, -0.1) is 0 Å². The van der Waals surface area contributed by atoms with Gasteiger partial charge >= 0.3 is 0 Å². The molecule has 2 aromatic heterocycles. The van der Waals surface area contributed by atoms with Crippen LogP contribution >= 0.6 is 0 Å². The summed E-state index contributed by atoms with van der Waals surface area (Å²) in [5.41, 5.74) is 4.31. The van der Waals surface area contributed by atoms with Crippen LogP contribution in [0.2, 0.25) is 0 Å². The molecule has 3 heterocycles. The Balaban J connectivity index is 1.53. The van der Waals surface area contributed by atoms with Crippen LogP contribution in [0.3, 0.4) is 0 Å². The minimum atomic E-state index is -0.199. The van der Waals surface area contributed by atoms with Gasteiger partial charge in [-0.1, -0.05) is 30.3 Å². The predicted molar refractivity (Wildman–Crippen MR) is 118 cm³/mol. The molecule has 0 aliphatic carbocycles. The van der Waals surface area contributed by atoms with Crippen molar-refractivity contribution in [2.75, 3.05) is 20.1 Å². The number of amides is 2. The quantitative estimate of drug-likeness (QED) is 0.686. The van der Waals surface area contributed by atoms with Gasteiger partial charge in [-0.2, -0.15) is 5.10 Å². The standard InChI is InChI=1S/C23H28N6O2/c1-16-15-17(2)29(26-16)12-10-20(30)27-11-9-19-21(23(31)24-3)25-22(28(19)14-13-27)18-7-5-4-6-8-18/h4-8,15H,9-14H2,1-3H3,(H,24,31). The molecule has 4 rings (SSSR count). The van der Waals surface area contributed by atoms with E-state index in [2.05, 4.69) is 20.0 Å². The maximum atomic E-state index is 12.9. The van der Waals surface area contributed by atoms with E-state index in [1.807, 2.05) is 59.8 Å². The monoisotopic (exact) mass is 420 g/mol. The Morgan fingerprint density at radius 1 is 1.10 bits per heavy atom. The van der Waals surface area contributed by atoms with Crippen molar-refractivity contribution in [1.82, 2.24) is 29.5 Å². The minimum Gasteiger partial charge on any atom is -0.354 e. The highest BCUT2D eigenvalue weighted by Crippen LogP contribution is 2.25. The number of nitrogens with one attached hydrogen (secondary N) is 1. The SMILES string of the molecule is CNC(=O)c1nc(-c2ccccc2)n2c1CCN(C(=O)CCn1nc(C)cc1C)CC2. The Morgan fingerprint density at radius 2 is 1.87 bits per heavy atom. The zero-order valence-electron chi connectivity index (χ0n) is 18.3. The Hall–Kier alpha value is -3.42. The van der Waals surface area contributed by atoms with E-state index in [0.29, 0.717) is 44.7 Å². The van der Waals surface area contributed by atoms with Crippen LogP contribution in [0, 0.1) is 13.8 Å². The number of carbonyl (C=O) groups is 2. The molecule has 0 unspecified atom stereocenters. The number of rotatable bonds is 5. The highest BCUT2D eigenvalue weighted by Gasteiger charge is 2.27. The maximum absolute atomic E-state index is 12.9. The highest BCUT2D eigenvalue weighted by molar-refractivity contribution is 5.94. The first-order chi connectivity index (χ1) is 15.0. The van der Waals surface area contributed by atoms with E-state index in [4.69, 9.17) is 0 Å². The second-order valence-electron chi connectivity index (χ2n) is 7.86. The number of hydrogen-bond acceptors (Lipinski definition) is 4. The van der Waals surface area contributed by atoms with Crippen LogP contribution < -0.4 is 5.32 Å². The molecular weight excluding hydrogens is 392 g/mol. The number of nitrogens with zero attached hydrogens (tertiary/aromatic N) is 5. The lowest BCUT2D eigenvalue weighted by Gasteiger charge is -2.20. The van der Waals surface area contributed by atoms with Crippen LogP contribution in [0.25, 0.3) is 11.4 Å². The Morgan fingerprint density at radius 3 is 2.55 bits per heavy atom. The molecule has 8 heteroatoms. The third kappa shape index (κ3) is 4.23. The Labute approximate surface area is 181 Å².